The molecule has 0 atom stereocenters. The lowest BCUT2D eigenvalue weighted by Gasteiger charge is -2.12. The van der Waals surface area contributed by atoms with Crippen LogP contribution in [0.1, 0.15) is 25.0 Å². The van der Waals surface area contributed by atoms with Gasteiger partial charge in [-0.2, -0.15) is 0 Å². The van der Waals surface area contributed by atoms with E-state index >= 15 is 0 Å². The highest BCUT2D eigenvalue weighted by Gasteiger charge is 2.16. The van der Waals surface area contributed by atoms with Gasteiger partial charge in [0.1, 0.15) is 0 Å². The standard InChI is InChI=1S/C11H17O3P/c1-9(2)7-10-5-3-4-6-11(10)8-15(12,13)14/h3-6,9H,7-8H2,1-2H3,(H2,12,13,14). The highest BCUT2D eigenvalue weighted by molar-refractivity contribution is 7.50. The van der Waals surface area contributed by atoms with E-state index in [4.69, 9.17) is 9.79 Å². The van der Waals surface area contributed by atoms with Crippen molar-refractivity contribution in [2.24, 2.45) is 5.92 Å². The number of hydrogen-bond acceptors (Lipinski definition) is 1. The summed E-state index contributed by atoms with van der Waals surface area (Å²) in [7, 11) is -3.96. The van der Waals surface area contributed by atoms with Crippen LogP contribution in [0.2, 0.25) is 0 Å². The highest BCUT2D eigenvalue weighted by atomic mass is 31.2. The van der Waals surface area contributed by atoms with E-state index in [1.165, 1.54) is 0 Å². The Kier molecular flexibility index (Phi) is 4.09. The van der Waals surface area contributed by atoms with Crippen molar-refractivity contribution in [3.8, 4) is 0 Å². The lowest BCUT2D eigenvalue weighted by molar-refractivity contribution is 0.371. The molecule has 0 heterocycles. The summed E-state index contributed by atoms with van der Waals surface area (Å²) >= 11 is 0. The first-order chi connectivity index (χ1) is 6.88. The number of hydrogen-bond donors (Lipinski definition) is 2. The average molecular weight is 228 g/mol. The molecule has 0 bridgehead atoms. The zero-order valence-electron chi connectivity index (χ0n) is 9.05. The number of benzene rings is 1. The maximum Gasteiger partial charge on any atom is 0.329 e. The fraction of sp³-hybridized carbons (Fsp3) is 0.455. The molecule has 4 heteroatoms. The second-order valence-corrected chi connectivity index (χ2v) is 5.84. The second kappa shape index (κ2) is 4.93. The van der Waals surface area contributed by atoms with Crippen molar-refractivity contribution in [1.29, 1.82) is 0 Å². The van der Waals surface area contributed by atoms with E-state index in [2.05, 4.69) is 13.8 Å². The van der Waals surface area contributed by atoms with Gasteiger partial charge in [0.15, 0.2) is 0 Å². The molecule has 84 valence electrons. The predicted octanol–water partition coefficient (Wildman–Crippen LogP) is 2.56. The summed E-state index contributed by atoms with van der Waals surface area (Å²) in [5.74, 6) is 0.489. The van der Waals surface area contributed by atoms with Crippen LogP contribution in [0, 0.1) is 5.92 Å². The third-order valence-electron chi connectivity index (χ3n) is 2.12. The summed E-state index contributed by atoms with van der Waals surface area (Å²) in [6.45, 7) is 4.18. The maximum atomic E-state index is 10.9. The van der Waals surface area contributed by atoms with Gasteiger partial charge in [-0.25, -0.2) is 0 Å². The average Bonchev–Trinajstić information content (AvgIpc) is 2.05. The lowest BCUT2D eigenvalue weighted by Crippen LogP contribution is -1.99. The van der Waals surface area contributed by atoms with Gasteiger partial charge in [0.05, 0.1) is 6.16 Å². The molecule has 3 nitrogen and oxygen atoms in total. The predicted molar refractivity (Wildman–Crippen MR) is 60.7 cm³/mol. The molecule has 0 aliphatic rings. The van der Waals surface area contributed by atoms with E-state index < -0.39 is 7.60 Å². The molecule has 2 N–H and O–H groups in total. The molecule has 1 rings (SSSR count). The van der Waals surface area contributed by atoms with Gasteiger partial charge in [0.2, 0.25) is 0 Å². The Labute approximate surface area is 90.3 Å². The van der Waals surface area contributed by atoms with E-state index in [-0.39, 0.29) is 6.16 Å². The quantitative estimate of drug-likeness (QED) is 0.778. The van der Waals surface area contributed by atoms with Crippen molar-refractivity contribution in [3.63, 3.8) is 0 Å². The van der Waals surface area contributed by atoms with Crippen molar-refractivity contribution in [3.05, 3.63) is 35.4 Å². The van der Waals surface area contributed by atoms with Gasteiger partial charge in [0, 0.05) is 0 Å². The van der Waals surface area contributed by atoms with Crippen LogP contribution < -0.4 is 0 Å². The van der Waals surface area contributed by atoms with Gasteiger partial charge >= 0.3 is 7.60 Å². The summed E-state index contributed by atoms with van der Waals surface area (Å²) < 4.78 is 10.9. The minimum atomic E-state index is -3.96. The van der Waals surface area contributed by atoms with Crippen LogP contribution in [0.25, 0.3) is 0 Å². The number of rotatable bonds is 4. The first-order valence-electron chi connectivity index (χ1n) is 5.00. The Bertz CT molecular complexity index is 368. The fourth-order valence-corrected chi connectivity index (χ4v) is 2.32. The van der Waals surface area contributed by atoms with Gasteiger partial charge < -0.3 is 9.79 Å². The molecule has 0 amide bonds. The molecule has 1 aromatic carbocycles. The molecular weight excluding hydrogens is 211 g/mol. The third kappa shape index (κ3) is 4.61. The summed E-state index contributed by atoms with van der Waals surface area (Å²) in [5, 5.41) is 0. The van der Waals surface area contributed by atoms with Gasteiger partial charge in [-0.05, 0) is 23.5 Å². The molecule has 0 unspecified atom stereocenters. The van der Waals surface area contributed by atoms with Gasteiger partial charge in [-0.15, -0.1) is 0 Å². The van der Waals surface area contributed by atoms with Crippen LogP contribution >= 0.6 is 7.60 Å². The van der Waals surface area contributed by atoms with E-state index in [0.29, 0.717) is 5.92 Å². The molecule has 15 heavy (non-hydrogen) atoms. The molecule has 0 fully saturated rings. The molecule has 0 aromatic heterocycles. The Morgan fingerprint density at radius 3 is 2.20 bits per heavy atom. The zero-order valence-corrected chi connectivity index (χ0v) is 9.95. The maximum absolute atomic E-state index is 10.9. The van der Waals surface area contributed by atoms with Gasteiger partial charge in [-0.3, -0.25) is 4.57 Å². The smallest absolute Gasteiger partial charge is 0.324 e. The summed E-state index contributed by atoms with van der Waals surface area (Å²) in [5.41, 5.74) is 1.80. The summed E-state index contributed by atoms with van der Waals surface area (Å²) in [6.07, 6.45) is 0.700. The van der Waals surface area contributed by atoms with Crippen LogP contribution in [0.5, 0.6) is 0 Å². The minimum absolute atomic E-state index is 0.157. The van der Waals surface area contributed by atoms with Crippen molar-refractivity contribution < 1.29 is 14.4 Å². The van der Waals surface area contributed by atoms with E-state index in [1.54, 1.807) is 6.07 Å². The third-order valence-corrected chi connectivity index (χ3v) is 2.88. The van der Waals surface area contributed by atoms with Crippen molar-refractivity contribution >= 4 is 7.60 Å². The summed E-state index contributed by atoms with van der Waals surface area (Å²) in [6, 6.07) is 7.44. The van der Waals surface area contributed by atoms with E-state index in [0.717, 1.165) is 17.5 Å². The van der Waals surface area contributed by atoms with Crippen LogP contribution in [0.15, 0.2) is 24.3 Å². The summed E-state index contributed by atoms with van der Waals surface area (Å²) in [4.78, 5) is 17.9. The lowest BCUT2D eigenvalue weighted by atomic mass is 9.99. The molecule has 0 saturated heterocycles. The van der Waals surface area contributed by atoms with Crippen molar-refractivity contribution in [2.75, 3.05) is 0 Å². The Hall–Kier alpha value is -0.630. The van der Waals surface area contributed by atoms with Crippen LogP contribution in [-0.4, -0.2) is 9.79 Å². The normalized spacial score (nSPS) is 12.1. The molecule has 0 aliphatic heterocycles. The Balaban J connectivity index is 2.91. The van der Waals surface area contributed by atoms with Crippen LogP contribution in [-0.2, 0) is 17.1 Å². The minimum Gasteiger partial charge on any atom is -0.324 e. The van der Waals surface area contributed by atoms with Crippen molar-refractivity contribution in [1.82, 2.24) is 0 Å². The zero-order chi connectivity index (χ0) is 11.5. The molecule has 0 radical (unpaired) electrons. The first-order valence-corrected chi connectivity index (χ1v) is 6.79. The SMILES string of the molecule is CC(C)Cc1ccccc1CP(=O)(O)O. The molecule has 0 saturated carbocycles. The van der Waals surface area contributed by atoms with Crippen LogP contribution in [0.3, 0.4) is 0 Å². The topological polar surface area (TPSA) is 57.5 Å². The first kappa shape index (κ1) is 12.4. The van der Waals surface area contributed by atoms with E-state index in [1.807, 2.05) is 18.2 Å². The molecule has 0 aliphatic carbocycles. The monoisotopic (exact) mass is 228 g/mol. The van der Waals surface area contributed by atoms with Gasteiger partial charge in [0.25, 0.3) is 0 Å². The van der Waals surface area contributed by atoms with Gasteiger partial charge in [-0.1, -0.05) is 38.1 Å². The van der Waals surface area contributed by atoms with E-state index in [9.17, 15) is 4.57 Å². The largest absolute Gasteiger partial charge is 0.329 e. The fourth-order valence-electron chi connectivity index (χ4n) is 1.57. The Morgan fingerprint density at radius 1 is 1.20 bits per heavy atom. The second-order valence-electron chi connectivity index (χ2n) is 4.19. The Morgan fingerprint density at radius 2 is 1.73 bits per heavy atom. The molecular formula is C11H17O3P. The molecule has 0 spiro atoms. The van der Waals surface area contributed by atoms with Crippen molar-refractivity contribution in [2.45, 2.75) is 26.4 Å². The van der Waals surface area contributed by atoms with Crippen LogP contribution in [0.4, 0.5) is 0 Å². The molecule has 1 aromatic rings. The highest BCUT2D eigenvalue weighted by Crippen LogP contribution is 2.40.